The van der Waals surface area contributed by atoms with Crippen LogP contribution < -0.4 is 14.9 Å². The van der Waals surface area contributed by atoms with E-state index in [0.717, 1.165) is 22.5 Å². The number of fused-ring (bicyclic) bond motifs is 1. The molecular weight excluding hydrogens is 438 g/mol. The highest BCUT2D eigenvalue weighted by atomic mass is 35.5. The molecule has 0 N–H and O–H groups in total. The Morgan fingerprint density at radius 1 is 0.879 bits per heavy atom. The standard InChI is InChI=1S/C26H24ClN3O3/c1-16-6-4-5-7-21(16)30-23(17-8-12-19(13-9-17)28(2)3)22-24(33-30)26(32)29(25(22)31)20-14-10-18(27)11-15-20/h4-15,22-24H,1-3H3. The predicted molar refractivity (Wildman–Crippen MR) is 129 cm³/mol. The zero-order valence-electron chi connectivity index (χ0n) is 18.6. The maximum atomic E-state index is 13.7. The van der Waals surface area contributed by atoms with Gasteiger partial charge < -0.3 is 4.90 Å². The second-order valence-electron chi connectivity index (χ2n) is 8.58. The quantitative estimate of drug-likeness (QED) is 0.524. The molecule has 2 saturated heterocycles. The molecule has 168 valence electrons. The molecular formula is C26H24ClN3O3. The van der Waals surface area contributed by atoms with Crippen LogP contribution in [0, 0.1) is 12.8 Å². The predicted octanol–water partition coefficient (Wildman–Crippen LogP) is 4.77. The summed E-state index contributed by atoms with van der Waals surface area (Å²) in [6.07, 6.45) is -0.897. The van der Waals surface area contributed by atoms with Crippen molar-refractivity contribution in [2.75, 3.05) is 29.0 Å². The van der Waals surface area contributed by atoms with Gasteiger partial charge >= 0.3 is 0 Å². The molecule has 3 aromatic carbocycles. The molecule has 3 atom stereocenters. The van der Waals surface area contributed by atoms with Gasteiger partial charge in [0.05, 0.1) is 17.4 Å². The summed E-state index contributed by atoms with van der Waals surface area (Å²) >= 11 is 6.00. The van der Waals surface area contributed by atoms with Crippen LogP contribution in [-0.4, -0.2) is 32.0 Å². The average molecular weight is 462 g/mol. The minimum atomic E-state index is -0.897. The number of halogens is 1. The third-order valence-corrected chi connectivity index (χ3v) is 6.56. The van der Waals surface area contributed by atoms with Crippen LogP contribution in [0.4, 0.5) is 17.1 Å². The topological polar surface area (TPSA) is 53.1 Å². The van der Waals surface area contributed by atoms with Crippen molar-refractivity contribution in [3.05, 3.63) is 88.9 Å². The number of para-hydroxylation sites is 1. The molecule has 0 bridgehead atoms. The lowest BCUT2D eigenvalue weighted by molar-refractivity contribution is -0.126. The Bertz CT molecular complexity index is 1210. The number of nitrogens with zero attached hydrogens (tertiary/aromatic N) is 3. The number of rotatable bonds is 4. The number of imide groups is 1. The van der Waals surface area contributed by atoms with E-state index in [2.05, 4.69) is 0 Å². The van der Waals surface area contributed by atoms with E-state index < -0.39 is 18.1 Å². The van der Waals surface area contributed by atoms with Gasteiger partial charge in [0.1, 0.15) is 5.92 Å². The van der Waals surface area contributed by atoms with E-state index in [-0.39, 0.29) is 11.8 Å². The molecule has 2 aliphatic heterocycles. The molecule has 0 aliphatic carbocycles. The van der Waals surface area contributed by atoms with E-state index in [4.69, 9.17) is 16.4 Å². The van der Waals surface area contributed by atoms with E-state index in [1.54, 1.807) is 29.3 Å². The lowest BCUT2D eigenvalue weighted by atomic mass is 9.90. The van der Waals surface area contributed by atoms with Crippen LogP contribution >= 0.6 is 11.6 Å². The summed E-state index contributed by atoms with van der Waals surface area (Å²) in [4.78, 5) is 36.5. The van der Waals surface area contributed by atoms with E-state index in [1.165, 1.54) is 4.90 Å². The molecule has 5 rings (SSSR count). The summed E-state index contributed by atoms with van der Waals surface area (Å²) in [6, 6.07) is 22.1. The molecule has 3 aromatic rings. The van der Waals surface area contributed by atoms with Gasteiger partial charge in [0.15, 0.2) is 6.10 Å². The fourth-order valence-electron chi connectivity index (χ4n) is 4.59. The SMILES string of the molecule is Cc1ccccc1N1OC2C(=O)N(c3ccc(Cl)cc3)C(=O)C2C1c1ccc(N(C)C)cc1. The van der Waals surface area contributed by atoms with Crippen LogP contribution in [0.25, 0.3) is 0 Å². The molecule has 2 aliphatic rings. The third kappa shape index (κ3) is 3.56. The summed E-state index contributed by atoms with van der Waals surface area (Å²) in [6.45, 7) is 1.99. The second kappa shape index (κ2) is 8.21. The molecule has 2 fully saturated rings. The monoisotopic (exact) mass is 461 g/mol. The smallest absolute Gasteiger partial charge is 0.266 e. The summed E-state index contributed by atoms with van der Waals surface area (Å²) in [5.41, 5.74) is 4.30. The number of aryl methyl sites for hydroxylation is 1. The molecule has 6 nitrogen and oxygen atoms in total. The number of anilines is 3. The molecule has 33 heavy (non-hydrogen) atoms. The van der Waals surface area contributed by atoms with E-state index in [9.17, 15) is 9.59 Å². The van der Waals surface area contributed by atoms with Gasteiger partial charge in [0.2, 0.25) is 5.91 Å². The van der Waals surface area contributed by atoms with E-state index in [1.807, 2.05) is 74.4 Å². The first-order chi connectivity index (χ1) is 15.9. The Hall–Kier alpha value is -3.35. The Morgan fingerprint density at radius 2 is 1.55 bits per heavy atom. The summed E-state index contributed by atoms with van der Waals surface area (Å²) in [5.74, 6) is -1.30. The summed E-state index contributed by atoms with van der Waals surface area (Å²) < 4.78 is 0. The number of hydroxylamine groups is 1. The van der Waals surface area contributed by atoms with Crippen molar-refractivity contribution in [3.63, 3.8) is 0 Å². The van der Waals surface area contributed by atoms with Gasteiger partial charge in [-0.3, -0.25) is 14.4 Å². The fourth-order valence-corrected chi connectivity index (χ4v) is 4.71. The van der Waals surface area contributed by atoms with Gasteiger partial charge in [0.25, 0.3) is 5.91 Å². The Morgan fingerprint density at radius 3 is 2.18 bits per heavy atom. The maximum absolute atomic E-state index is 13.7. The molecule has 0 spiro atoms. The second-order valence-corrected chi connectivity index (χ2v) is 9.02. The first-order valence-electron chi connectivity index (χ1n) is 10.8. The number of hydrogen-bond donors (Lipinski definition) is 0. The van der Waals surface area contributed by atoms with Crippen molar-refractivity contribution in [2.45, 2.75) is 19.1 Å². The summed E-state index contributed by atoms with van der Waals surface area (Å²) in [7, 11) is 3.96. The van der Waals surface area contributed by atoms with Crippen molar-refractivity contribution in [2.24, 2.45) is 5.92 Å². The van der Waals surface area contributed by atoms with Crippen LogP contribution in [-0.2, 0) is 14.4 Å². The van der Waals surface area contributed by atoms with Crippen LogP contribution in [0.15, 0.2) is 72.8 Å². The normalized spacial score (nSPS) is 22.1. The zero-order chi connectivity index (χ0) is 23.3. The zero-order valence-corrected chi connectivity index (χ0v) is 19.4. The van der Waals surface area contributed by atoms with Crippen LogP contribution in [0.3, 0.4) is 0 Å². The molecule has 0 aromatic heterocycles. The number of amides is 2. The van der Waals surface area contributed by atoms with Gasteiger partial charge in [-0.2, -0.15) is 0 Å². The number of hydrogen-bond acceptors (Lipinski definition) is 5. The molecule has 0 radical (unpaired) electrons. The Labute approximate surface area is 197 Å². The molecule has 3 unspecified atom stereocenters. The highest BCUT2D eigenvalue weighted by Gasteiger charge is 2.60. The molecule has 0 saturated carbocycles. The molecule has 2 heterocycles. The van der Waals surface area contributed by atoms with Crippen molar-refractivity contribution in [1.82, 2.24) is 0 Å². The highest BCUT2D eigenvalue weighted by Crippen LogP contribution is 2.48. The van der Waals surface area contributed by atoms with Crippen LogP contribution in [0.2, 0.25) is 5.02 Å². The van der Waals surface area contributed by atoms with E-state index >= 15 is 0 Å². The largest absolute Gasteiger partial charge is 0.378 e. The van der Waals surface area contributed by atoms with Crippen molar-refractivity contribution < 1.29 is 14.4 Å². The van der Waals surface area contributed by atoms with Crippen molar-refractivity contribution >= 4 is 40.5 Å². The van der Waals surface area contributed by atoms with Gasteiger partial charge in [0, 0.05) is 24.8 Å². The Kier molecular flexibility index (Phi) is 5.35. The third-order valence-electron chi connectivity index (χ3n) is 6.30. The van der Waals surface area contributed by atoms with Crippen LogP contribution in [0.1, 0.15) is 17.2 Å². The van der Waals surface area contributed by atoms with Gasteiger partial charge in [-0.25, -0.2) is 9.96 Å². The lowest BCUT2D eigenvalue weighted by Gasteiger charge is -2.30. The van der Waals surface area contributed by atoms with Gasteiger partial charge in [-0.15, -0.1) is 0 Å². The lowest BCUT2D eigenvalue weighted by Crippen LogP contribution is -2.37. The highest BCUT2D eigenvalue weighted by molar-refractivity contribution is 6.31. The Balaban J connectivity index is 1.58. The minimum absolute atomic E-state index is 0.273. The molecule has 2 amide bonds. The fraction of sp³-hybridized carbons (Fsp3) is 0.231. The molecule has 7 heteroatoms. The van der Waals surface area contributed by atoms with Crippen molar-refractivity contribution in [1.29, 1.82) is 0 Å². The minimum Gasteiger partial charge on any atom is -0.378 e. The number of carbonyl (C=O) groups excluding carboxylic acids is 2. The first kappa shape index (κ1) is 21.5. The maximum Gasteiger partial charge on any atom is 0.266 e. The number of carbonyl (C=O) groups is 2. The van der Waals surface area contributed by atoms with Crippen molar-refractivity contribution in [3.8, 4) is 0 Å². The van der Waals surface area contributed by atoms with Gasteiger partial charge in [-0.05, 0) is 60.5 Å². The van der Waals surface area contributed by atoms with Gasteiger partial charge in [-0.1, -0.05) is 41.9 Å². The first-order valence-corrected chi connectivity index (χ1v) is 11.2. The summed E-state index contributed by atoms with van der Waals surface area (Å²) in [5, 5.41) is 2.28. The van der Waals surface area contributed by atoms with Crippen LogP contribution in [0.5, 0.6) is 0 Å². The van der Waals surface area contributed by atoms with E-state index in [0.29, 0.717) is 10.7 Å². The number of benzene rings is 3. The average Bonchev–Trinajstić information content (AvgIpc) is 3.31.